The van der Waals surface area contributed by atoms with E-state index in [1.807, 2.05) is 17.5 Å². The molecule has 1 heterocycles. The molecule has 0 fully saturated rings. The summed E-state index contributed by atoms with van der Waals surface area (Å²) < 4.78 is 5.08. The van der Waals surface area contributed by atoms with E-state index in [-0.39, 0.29) is 0 Å². The van der Waals surface area contributed by atoms with Crippen LogP contribution in [0.3, 0.4) is 0 Å². The minimum Gasteiger partial charge on any atom is -0.367 e. The summed E-state index contributed by atoms with van der Waals surface area (Å²) in [5.41, 5.74) is 4.24. The first-order valence-electron chi connectivity index (χ1n) is 3.50. The van der Waals surface area contributed by atoms with Crippen LogP contribution in [0.15, 0.2) is 17.5 Å². The van der Waals surface area contributed by atoms with Crippen LogP contribution < -0.4 is 5.73 Å². The van der Waals surface area contributed by atoms with Gasteiger partial charge in [-0.3, -0.25) is 4.79 Å². The van der Waals surface area contributed by atoms with E-state index in [0.717, 1.165) is 4.88 Å². The van der Waals surface area contributed by atoms with Crippen molar-refractivity contribution in [3.05, 3.63) is 22.4 Å². The molecule has 1 aromatic heterocycles. The first-order valence-corrected chi connectivity index (χ1v) is 4.38. The van der Waals surface area contributed by atoms with E-state index in [1.54, 1.807) is 6.92 Å². The third kappa shape index (κ3) is 1.35. The zero-order valence-corrected chi connectivity index (χ0v) is 7.85. The largest absolute Gasteiger partial charge is 0.367 e. The molecule has 1 rings (SSSR count). The molecule has 4 heteroatoms. The normalized spacial score (nSPS) is 15.5. The Labute approximate surface area is 75.1 Å². The Balaban J connectivity index is 3.04. The fourth-order valence-corrected chi connectivity index (χ4v) is 1.74. The smallest absolute Gasteiger partial charge is 0.254 e. The van der Waals surface area contributed by atoms with Crippen LogP contribution in [0, 0.1) is 0 Å². The van der Waals surface area contributed by atoms with Crippen molar-refractivity contribution in [3.63, 3.8) is 0 Å². The second-order valence-electron chi connectivity index (χ2n) is 2.58. The molecule has 1 unspecified atom stereocenters. The Hall–Kier alpha value is -0.870. The number of carbonyl (C=O) groups excluding carboxylic acids is 1. The minimum absolute atomic E-state index is 0.465. The number of methoxy groups -OCH3 is 1. The number of hydrogen-bond donors (Lipinski definition) is 1. The second-order valence-corrected chi connectivity index (χ2v) is 3.53. The minimum atomic E-state index is -0.978. The lowest BCUT2D eigenvalue weighted by molar-refractivity contribution is -0.138. The van der Waals surface area contributed by atoms with Gasteiger partial charge in [-0.25, -0.2) is 0 Å². The zero-order chi connectivity index (χ0) is 9.19. The van der Waals surface area contributed by atoms with Gasteiger partial charge in [0, 0.05) is 12.0 Å². The second kappa shape index (κ2) is 3.25. The van der Waals surface area contributed by atoms with Crippen LogP contribution in [0.4, 0.5) is 0 Å². The lowest BCUT2D eigenvalue weighted by Gasteiger charge is -2.22. The fourth-order valence-electron chi connectivity index (χ4n) is 0.873. The summed E-state index contributed by atoms with van der Waals surface area (Å²) in [5.74, 6) is -0.465. The molecule has 0 aromatic carbocycles. The van der Waals surface area contributed by atoms with E-state index < -0.39 is 11.5 Å². The van der Waals surface area contributed by atoms with Gasteiger partial charge < -0.3 is 10.5 Å². The van der Waals surface area contributed by atoms with E-state index in [4.69, 9.17) is 10.5 Å². The standard InChI is InChI=1S/C8H11NO2S/c1-8(11-2,7(9)10)6-4-3-5-12-6/h3-5H,1-2H3,(H2,9,10). The maximum atomic E-state index is 11.1. The van der Waals surface area contributed by atoms with Crippen molar-refractivity contribution >= 4 is 17.2 Å². The van der Waals surface area contributed by atoms with E-state index in [0.29, 0.717) is 0 Å². The number of carbonyl (C=O) groups is 1. The van der Waals surface area contributed by atoms with Crippen molar-refractivity contribution in [2.75, 3.05) is 7.11 Å². The van der Waals surface area contributed by atoms with Gasteiger partial charge in [-0.05, 0) is 18.4 Å². The molecule has 0 saturated heterocycles. The zero-order valence-electron chi connectivity index (χ0n) is 7.03. The molecule has 0 saturated carbocycles. The van der Waals surface area contributed by atoms with Crippen LogP contribution in [-0.2, 0) is 15.1 Å². The molecule has 0 bridgehead atoms. The Morgan fingerprint density at radius 3 is 2.75 bits per heavy atom. The number of rotatable bonds is 3. The molecule has 66 valence electrons. The SMILES string of the molecule is COC(C)(C(N)=O)c1cccs1. The molecule has 0 spiro atoms. The number of hydrogen-bond acceptors (Lipinski definition) is 3. The molecule has 1 atom stereocenters. The third-order valence-corrected chi connectivity index (χ3v) is 2.94. The quantitative estimate of drug-likeness (QED) is 0.766. The summed E-state index contributed by atoms with van der Waals surface area (Å²) in [5, 5.41) is 1.88. The van der Waals surface area contributed by atoms with Gasteiger partial charge >= 0.3 is 0 Å². The van der Waals surface area contributed by atoms with Crippen molar-refractivity contribution < 1.29 is 9.53 Å². The Kier molecular flexibility index (Phi) is 2.49. The molecular formula is C8H11NO2S. The van der Waals surface area contributed by atoms with Crippen LogP contribution in [0.2, 0.25) is 0 Å². The van der Waals surface area contributed by atoms with Gasteiger partial charge in [-0.1, -0.05) is 6.07 Å². The summed E-state index contributed by atoms with van der Waals surface area (Å²) in [6.07, 6.45) is 0. The number of thiophene rings is 1. The Morgan fingerprint density at radius 1 is 1.75 bits per heavy atom. The summed E-state index contributed by atoms with van der Waals surface area (Å²) in [4.78, 5) is 11.9. The molecule has 0 aliphatic rings. The monoisotopic (exact) mass is 185 g/mol. The van der Waals surface area contributed by atoms with Gasteiger partial charge in [0.2, 0.25) is 0 Å². The highest BCUT2D eigenvalue weighted by Crippen LogP contribution is 2.27. The third-order valence-electron chi connectivity index (χ3n) is 1.87. The van der Waals surface area contributed by atoms with E-state index in [9.17, 15) is 4.79 Å². The van der Waals surface area contributed by atoms with E-state index in [2.05, 4.69) is 0 Å². The van der Waals surface area contributed by atoms with Crippen molar-refractivity contribution in [1.82, 2.24) is 0 Å². The van der Waals surface area contributed by atoms with Crippen LogP contribution >= 0.6 is 11.3 Å². The molecular weight excluding hydrogens is 174 g/mol. The highest BCUT2D eigenvalue weighted by Gasteiger charge is 2.33. The molecule has 12 heavy (non-hydrogen) atoms. The topological polar surface area (TPSA) is 52.3 Å². The van der Waals surface area contributed by atoms with Crippen molar-refractivity contribution in [2.24, 2.45) is 5.73 Å². The summed E-state index contributed by atoms with van der Waals surface area (Å²) in [7, 11) is 1.48. The van der Waals surface area contributed by atoms with Gasteiger partial charge in [0.05, 0.1) is 0 Å². The molecule has 0 aliphatic heterocycles. The Morgan fingerprint density at radius 2 is 2.42 bits per heavy atom. The highest BCUT2D eigenvalue weighted by atomic mass is 32.1. The fraction of sp³-hybridized carbons (Fsp3) is 0.375. The molecule has 0 aliphatic carbocycles. The average molecular weight is 185 g/mol. The van der Waals surface area contributed by atoms with Gasteiger partial charge in [0.25, 0.3) is 5.91 Å². The van der Waals surface area contributed by atoms with Crippen LogP contribution in [-0.4, -0.2) is 13.0 Å². The summed E-state index contributed by atoms with van der Waals surface area (Å²) >= 11 is 1.46. The maximum absolute atomic E-state index is 11.1. The van der Waals surface area contributed by atoms with Crippen LogP contribution in [0.5, 0.6) is 0 Å². The number of nitrogens with two attached hydrogens (primary N) is 1. The molecule has 0 radical (unpaired) electrons. The number of amides is 1. The van der Waals surface area contributed by atoms with E-state index in [1.165, 1.54) is 18.4 Å². The van der Waals surface area contributed by atoms with Gasteiger partial charge in [0.15, 0.2) is 5.60 Å². The molecule has 1 amide bonds. The van der Waals surface area contributed by atoms with Crippen molar-refractivity contribution in [1.29, 1.82) is 0 Å². The predicted molar refractivity (Wildman–Crippen MR) is 47.9 cm³/mol. The van der Waals surface area contributed by atoms with Gasteiger partial charge in [0.1, 0.15) is 0 Å². The lowest BCUT2D eigenvalue weighted by Crippen LogP contribution is -2.39. The first kappa shape index (κ1) is 9.22. The summed E-state index contributed by atoms with van der Waals surface area (Å²) in [6.45, 7) is 1.67. The number of ether oxygens (including phenoxy) is 1. The van der Waals surface area contributed by atoms with Gasteiger partial charge in [-0.15, -0.1) is 11.3 Å². The van der Waals surface area contributed by atoms with Gasteiger partial charge in [-0.2, -0.15) is 0 Å². The molecule has 2 N–H and O–H groups in total. The summed E-state index contributed by atoms with van der Waals surface area (Å²) in [6, 6.07) is 3.69. The Bertz CT molecular complexity index is 271. The van der Waals surface area contributed by atoms with Crippen LogP contribution in [0.1, 0.15) is 11.8 Å². The van der Waals surface area contributed by atoms with Crippen molar-refractivity contribution in [2.45, 2.75) is 12.5 Å². The number of primary amides is 1. The maximum Gasteiger partial charge on any atom is 0.254 e. The average Bonchev–Trinajstić information content (AvgIpc) is 2.54. The predicted octanol–water partition coefficient (Wildman–Crippen LogP) is 1.09. The molecule has 3 nitrogen and oxygen atoms in total. The van der Waals surface area contributed by atoms with Crippen LogP contribution in [0.25, 0.3) is 0 Å². The van der Waals surface area contributed by atoms with Crippen molar-refractivity contribution in [3.8, 4) is 0 Å². The highest BCUT2D eigenvalue weighted by molar-refractivity contribution is 7.10. The first-order chi connectivity index (χ1) is 5.61. The lowest BCUT2D eigenvalue weighted by atomic mass is 10.0. The molecule has 1 aromatic rings. The van der Waals surface area contributed by atoms with E-state index >= 15 is 0 Å².